The first-order valence-electron chi connectivity index (χ1n) is 8.68. The van der Waals surface area contributed by atoms with Crippen LogP contribution in [0, 0.1) is 6.92 Å². The normalized spacial score (nSPS) is 10.8. The number of para-hydroxylation sites is 1. The number of nitrogens with one attached hydrogen (secondary N) is 1. The lowest BCUT2D eigenvalue weighted by molar-refractivity contribution is -0.143. The second-order valence-corrected chi connectivity index (χ2v) is 5.90. The van der Waals surface area contributed by atoms with Crippen LogP contribution in [-0.4, -0.2) is 32.2 Å². The van der Waals surface area contributed by atoms with Crippen molar-refractivity contribution in [3.8, 4) is 11.5 Å². The highest BCUT2D eigenvalue weighted by Gasteiger charge is 2.14. The highest BCUT2D eigenvalue weighted by molar-refractivity contribution is 5.89. The monoisotopic (exact) mass is 405 g/mol. The van der Waals surface area contributed by atoms with E-state index >= 15 is 0 Å². The largest absolute Gasteiger partial charge is 0.493 e. The molecule has 2 rings (SSSR count). The van der Waals surface area contributed by atoms with Crippen LogP contribution in [0.1, 0.15) is 16.7 Å². The third-order valence-electron chi connectivity index (χ3n) is 3.92. The molecule has 6 nitrogen and oxygen atoms in total. The van der Waals surface area contributed by atoms with Crippen molar-refractivity contribution in [3.63, 3.8) is 0 Å². The predicted octanol–water partition coefficient (Wildman–Crippen LogP) is 3.48. The molecule has 0 aliphatic carbocycles. The minimum absolute atomic E-state index is 0.0939. The average molecular weight is 405 g/mol. The molecule has 2 aromatic rings. The van der Waals surface area contributed by atoms with E-state index in [0.29, 0.717) is 6.54 Å². The van der Waals surface area contributed by atoms with Gasteiger partial charge in [-0.15, -0.1) is 0 Å². The number of ether oxygens (including phenoxy) is 3. The number of esters is 1. The summed E-state index contributed by atoms with van der Waals surface area (Å²) in [6.07, 6.45) is 2.26. The third kappa shape index (κ3) is 6.91. The number of halogens is 2. The third-order valence-corrected chi connectivity index (χ3v) is 3.92. The molecule has 8 heteroatoms. The van der Waals surface area contributed by atoms with Gasteiger partial charge in [0.05, 0.1) is 7.11 Å². The Hall–Kier alpha value is -3.42. The summed E-state index contributed by atoms with van der Waals surface area (Å²) >= 11 is 0. The second kappa shape index (κ2) is 10.8. The summed E-state index contributed by atoms with van der Waals surface area (Å²) in [5.74, 6) is -1.37. The van der Waals surface area contributed by atoms with Crippen LogP contribution in [0.5, 0.6) is 11.5 Å². The van der Waals surface area contributed by atoms with Gasteiger partial charge in [-0.05, 0) is 30.2 Å². The van der Waals surface area contributed by atoms with Crippen molar-refractivity contribution in [1.82, 2.24) is 5.32 Å². The summed E-state index contributed by atoms with van der Waals surface area (Å²) < 4.78 is 39.5. The zero-order valence-electron chi connectivity index (χ0n) is 16.0. The van der Waals surface area contributed by atoms with Gasteiger partial charge in [0.1, 0.15) is 0 Å². The molecule has 0 fully saturated rings. The number of amides is 1. The molecule has 0 saturated carbocycles. The van der Waals surface area contributed by atoms with Crippen molar-refractivity contribution in [2.45, 2.75) is 20.1 Å². The van der Waals surface area contributed by atoms with E-state index in [4.69, 9.17) is 9.47 Å². The summed E-state index contributed by atoms with van der Waals surface area (Å²) in [7, 11) is 1.31. The van der Waals surface area contributed by atoms with Crippen LogP contribution < -0.4 is 14.8 Å². The highest BCUT2D eigenvalue weighted by atomic mass is 19.3. The van der Waals surface area contributed by atoms with Gasteiger partial charge in [0, 0.05) is 18.2 Å². The number of benzene rings is 2. The number of aryl methyl sites for hydroxylation is 1. The van der Waals surface area contributed by atoms with E-state index in [0.717, 1.165) is 17.2 Å². The fraction of sp³-hybridized carbons (Fsp3) is 0.238. The molecule has 1 N–H and O–H groups in total. The second-order valence-electron chi connectivity index (χ2n) is 5.90. The summed E-state index contributed by atoms with van der Waals surface area (Å²) in [6.45, 7) is -1.27. The number of rotatable bonds is 9. The maximum absolute atomic E-state index is 12.6. The SMILES string of the molecule is COc1cccc(/C=C/C(=O)OCC(=O)NCc2ccccc2C)c1OC(F)F. The van der Waals surface area contributed by atoms with Gasteiger partial charge in [-0.2, -0.15) is 8.78 Å². The van der Waals surface area contributed by atoms with Gasteiger partial charge in [-0.3, -0.25) is 4.79 Å². The van der Waals surface area contributed by atoms with Crippen molar-refractivity contribution in [2.75, 3.05) is 13.7 Å². The standard InChI is InChI=1S/C21H21F2NO5/c1-14-6-3-4-7-16(14)12-24-18(25)13-28-19(26)11-10-15-8-5-9-17(27-2)20(15)29-21(22)23/h3-11,21H,12-13H2,1-2H3,(H,24,25)/b11-10+. The Morgan fingerprint density at radius 1 is 1.14 bits per heavy atom. The maximum atomic E-state index is 12.6. The molecule has 0 aliphatic rings. The minimum Gasteiger partial charge on any atom is -0.493 e. The fourth-order valence-electron chi connectivity index (χ4n) is 2.44. The number of carbonyl (C=O) groups excluding carboxylic acids is 2. The van der Waals surface area contributed by atoms with Gasteiger partial charge in [0.15, 0.2) is 18.1 Å². The number of carbonyl (C=O) groups is 2. The Morgan fingerprint density at radius 3 is 2.59 bits per heavy atom. The van der Waals surface area contributed by atoms with Gasteiger partial charge < -0.3 is 19.5 Å². The summed E-state index contributed by atoms with van der Waals surface area (Å²) in [4.78, 5) is 23.7. The zero-order valence-corrected chi connectivity index (χ0v) is 16.0. The van der Waals surface area contributed by atoms with Crippen LogP contribution in [0.2, 0.25) is 0 Å². The molecule has 0 bridgehead atoms. The maximum Gasteiger partial charge on any atom is 0.387 e. The zero-order chi connectivity index (χ0) is 21.2. The lowest BCUT2D eigenvalue weighted by Crippen LogP contribution is -2.28. The first-order valence-corrected chi connectivity index (χ1v) is 8.68. The molecule has 0 unspecified atom stereocenters. The van der Waals surface area contributed by atoms with Gasteiger partial charge in [0.25, 0.3) is 5.91 Å². The Bertz CT molecular complexity index is 883. The highest BCUT2D eigenvalue weighted by Crippen LogP contribution is 2.33. The number of hydrogen-bond donors (Lipinski definition) is 1. The topological polar surface area (TPSA) is 73.9 Å². The van der Waals surface area contributed by atoms with Crippen molar-refractivity contribution >= 4 is 18.0 Å². The fourth-order valence-corrected chi connectivity index (χ4v) is 2.44. The van der Waals surface area contributed by atoms with Gasteiger partial charge in [-0.1, -0.05) is 36.4 Å². The van der Waals surface area contributed by atoms with Crippen LogP contribution in [0.3, 0.4) is 0 Å². The van der Waals surface area contributed by atoms with Crippen LogP contribution in [0.25, 0.3) is 6.08 Å². The first-order chi connectivity index (χ1) is 13.9. The molecule has 0 radical (unpaired) electrons. The van der Waals surface area contributed by atoms with Crippen molar-refractivity contribution < 1.29 is 32.6 Å². The first kappa shape index (κ1) is 21.9. The summed E-state index contributed by atoms with van der Waals surface area (Å²) in [5, 5.41) is 2.65. The van der Waals surface area contributed by atoms with Gasteiger partial charge in [-0.25, -0.2) is 4.79 Å². The Labute approximate surface area is 167 Å². The van der Waals surface area contributed by atoms with E-state index < -0.39 is 25.1 Å². The molecule has 0 aliphatic heterocycles. The average Bonchev–Trinajstić information content (AvgIpc) is 2.70. The number of methoxy groups -OCH3 is 1. The van der Waals surface area contributed by atoms with Gasteiger partial charge in [0.2, 0.25) is 0 Å². The molecule has 154 valence electrons. The van der Waals surface area contributed by atoms with Crippen molar-refractivity contribution in [3.05, 3.63) is 65.2 Å². The quantitative estimate of drug-likeness (QED) is 0.511. The Kier molecular flexibility index (Phi) is 8.14. The molecule has 2 aromatic carbocycles. The van der Waals surface area contributed by atoms with Crippen LogP contribution in [0.15, 0.2) is 48.5 Å². The van der Waals surface area contributed by atoms with E-state index in [2.05, 4.69) is 10.1 Å². The molecule has 0 heterocycles. The van der Waals surface area contributed by atoms with Crippen molar-refractivity contribution in [1.29, 1.82) is 0 Å². The Balaban J connectivity index is 1.89. The van der Waals surface area contributed by atoms with Crippen LogP contribution in [0.4, 0.5) is 8.78 Å². The number of alkyl halides is 2. The van der Waals surface area contributed by atoms with Crippen molar-refractivity contribution in [2.24, 2.45) is 0 Å². The molecular weight excluding hydrogens is 384 g/mol. The molecule has 0 atom stereocenters. The smallest absolute Gasteiger partial charge is 0.387 e. The summed E-state index contributed by atoms with van der Waals surface area (Å²) in [6, 6.07) is 12.1. The molecule has 0 aromatic heterocycles. The van der Waals surface area contributed by atoms with E-state index in [9.17, 15) is 18.4 Å². The minimum atomic E-state index is -3.05. The molecule has 0 spiro atoms. The summed E-state index contributed by atoms with van der Waals surface area (Å²) in [5.41, 5.74) is 2.19. The van der Waals surface area contributed by atoms with E-state index in [1.54, 1.807) is 6.07 Å². The molecule has 0 saturated heterocycles. The van der Waals surface area contributed by atoms with E-state index in [-0.39, 0.29) is 17.1 Å². The van der Waals surface area contributed by atoms with Crippen LogP contribution in [-0.2, 0) is 20.9 Å². The predicted molar refractivity (Wildman–Crippen MR) is 103 cm³/mol. The lowest BCUT2D eigenvalue weighted by Gasteiger charge is -2.12. The Morgan fingerprint density at radius 2 is 1.90 bits per heavy atom. The molecular formula is C21H21F2NO5. The lowest BCUT2D eigenvalue weighted by atomic mass is 10.1. The molecule has 1 amide bonds. The number of hydrogen-bond acceptors (Lipinski definition) is 5. The van der Waals surface area contributed by atoms with Gasteiger partial charge >= 0.3 is 12.6 Å². The molecule has 29 heavy (non-hydrogen) atoms. The van der Waals surface area contributed by atoms with E-state index in [1.165, 1.54) is 25.3 Å². The van der Waals surface area contributed by atoms with E-state index in [1.807, 2.05) is 31.2 Å². The van der Waals surface area contributed by atoms with Crippen LogP contribution >= 0.6 is 0 Å².